The molecule has 0 aliphatic heterocycles. The Kier molecular flexibility index (Phi) is 4.94. The summed E-state index contributed by atoms with van der Waals surface area (Å²) < 4.78 is 0. The minimum absolute atomic E-state index is 0.153. The zero-order valence-electron chi connectivity index (χ0n) is 21.9. The molecule has 0 bridgehead atoms. The molecule has 180 valence electrons. The normalized spacial score (nSPS) is 54.3. The summed E-state index contributed by atoms with van der Waals surface area (Å²) in [6.45, 7) is 17.7. The van der Waals surface area contributed by atoms with Gasteiger partial charge >= 0.3 is 5.97 Å². The lowest BCUT2D eigenvalue weighted by Crippen LogP contribution is -2.64. The first-order valence-corrected chi connectivity index (χ1v) is 13.8. The number of rotatable bonds is 1. The standard InChI is InChI=1S/C30H48O2/c1-19-11-16-30(25(31)32)18-17-28(6)21(24(30)20(19)2)9-10-23-27(5)14-8-13-26(3,4)22(27)12-15-29(23,28)7/h9,19-20,22-24H,8,10-18H2,1-7H3,(H,31,32)/t19-,20?,22?,23?,24?,27?,28-,29?,30?/m1/s1. The van der Waals surface area contributed by atoms with Crippen LogP contribution in [0.2, 0.25) is 0 Å². The van der Waals surface area contributed by atoms with Crippen LogP contribution in [0.25, 0.3) is 0 Å². The highest BCUT2D eigenvalue weighted by molar-refractivity contribution is 5.76. The van der Waals surface area contributed by atoms with Crippen LogP contribution in [0.4, 0.5) is 0 Å². The van der Waals surface area contributed by atoms with E-state index in [4.69, 9.17) is 0 Å². The van der Waals surface area contributed by atoms with Crippen molar-refractivity contribution in [1.82, 2.24) is 0 Å². The first-order valence-electron chi connectivity index (χ1n) is 13.8. The van der Waals surface area contributed by atoms with Gasteiger partial charge in [-0.05, 0) is 109 Å². The molecule has 0 aromatic heterocycles. The third-order valence-corrected chi connectivity index (χ3v) is 13.2. The lowest BCUT2D eigenvalue weighted by atomic mass is 9.33. The van der Waals surface area contributed by atoms with E-state index < -0.39 is 11.4 Å². The van der Waals surface area contributed by atoms with Gasteiger partial charge in [0.1, 0.15) is 0 Å². The quantitative estimate of drug-likeness (QED) is 0.418. The molecule has 1 N–H and O–H groups in total. The SMILES string of the molecule is CC1C2C3=CCC4C5(C)CCCC(C)(C)C5CCC4(C)[C@]3(C)CCC2(C(=O)O)CC[C@H]1C. The first-order chi connectivity index (χ1) is 14.8. The van der Waals surface area contributed by atoms with Gasteiger partial charge in [0.2, 0.25) is 0 Å². The Bertz CT molecular complexity index is 840. The maximum absolute atomic E-state index is 12.8. The van der Waals surface area contributed by atoms with E-state index in [2.05, 4.69) is 54.5 Å². The van der Waals surface area contributed by atoms with Crippen LogP contribution < -0.4 is 0 Å². The van der Waals surface area contributed by atoms with Crippen molar-refractivity contribution in [3.63, 3.8) is 0 Å². The molecule has 9 atom stereocenters. The fraction of sp³-hybridized carbons (Fsp3) is 0.900. The van der Waals surface area contributed by atoms with Crippen LogP contribution in [0.1, 0.15) is 113 Å². The minimum Gasteiger partial charge on any atom is -0.481 e. The fourth-order valence-corrected chi connectivity index (χ4v) is 11.0. The van der Waals surface area contributed by atoms with Crippen LogP contribution >= 0.6 is 0 Å². The third kappa shape index (κ3) is 2.62. The van der Waals surface area contributed by atoms with Gasteiger partial charge in [-0.3, -0.25) is 4.79 Å². The number of carboxylic acids is 1. The molecule has 32 heavy (non-hydrogen) atoms. The molecule has 0 amide bonds. The smallest absolute Gasteiger partial charge is 0.310 e. The number of hydrogen-bond donors (Lipinski definition) is 1. The van der Waals surface area contributed by atoms with Gasteiger partial charge in [0.05, 0.1) is 5.41 Å². The summed E-state index contributed by atoms with van der Waals surface area (Å²) in [5.41, 5.74) is 2.38. The van der Waals surface area contributed by atoms with E-state index in [1.54, 1.807) is 5.57 Å². The second-order valence-electron chi connectivity index (χ2n) is 14.5. The average Bonchev–Trinajstić information content (AvgIpc) is 2.70. The molecule has 5 aliphatic carbocycles. The van der Waals surface area contributed by atoms with Crippen LogP contribution in [0, 0.1) is 56.7 Å². The van der Waals surface area contributed by atoms with Crippen molar-refractivity contribution in [3.8, 4) is 0 Å². The molecule has 0 aromatic rings. The molecule has 5 rings (SSSR count). The van der Waals surface area contributed by atoms with E-state index in [1.807, 2.05) is 0 Å². The number of carboxylic acid groups (broad SMARTS) is 1. The molecule has 5 aliphatic rings. The Morgan fingerprint density at radius 1 is 0.906 bits per heavy atom. The van der Waals surface area contributed by atoms with Gasteiger partial charge in [0, 0.05) is 0 Å². The Labute approximate surface area is 197 Å². The number of carbonyl (C=O) groups is 1. The topological polar surface area (TPSA) is 37.3 Å². The molecule has 0 radical (unpaired) electrons. The highest BCUT2D eigenvalue weighted by Crippen LogP contribution is 2.75. The predicted molar refractivity (Wildman–Crippen MR) is 131 cm³/mol. The van der Waals surface area contributed by atoms with Crippen molar-refractivity contribution >= 4 is 5.97 Å². The van der Waals surface area contributed by atoms with E-state index in [9.17, 15) is 9.90 Å². The Morgan fingerprint density at radius 3 is 2.31 bits per heavy atom. The van der Waals surface area contributed by atoms with Crippen LogP contribution in [0.5, 0.6) is 0 Å². The van der Waals surface area contributed by atoms with Gasteiger partial charge in [-0.25, -0.2) is 0 Å². The van der Waals surface area contributed by atoms with Gasteiger partial charge in [-0.1, -0.05) is 66.5 Å². The van der Waals surface area contributed by atoms with E-state index in [0.717, 1.165) is 37.5 Å². The molecule has 7 unspecified atom stereocenters. The molecular weight excluding hydrogens is 392 g/mol. The van der Waals surface area contributed by atoms with Crippen molar-refractivity contribution in [2.45, 2.75) is 113 Å². The summed E-state index contributed by atoms with van der Waals surface area (Å²) in [7, 11) is 0. The molecule has 2 heteroatoms. The zero-order valence-corrected chi connectivity index (χ0v) is 21.9. The number of allylic oxidation sites excluding steroid dienone is 2. The molecule has 0 saturated heterocycles. The van der Waals surface area contributed by atoms with Gasteiger partial charge in [0.25, 0.3) is 0 Å². The van der Waals surface area contributed by atoms with Crippen LogP contribution in [0.3, 0.4) is 0 Å². The van der Waals surface area contributed by atoms with Crippen molar-refractivity contribution < 1.29 is 9.90 Å². The number of hydrogen-bond acceptors (Lipinski definition) is 1. The Hall–Kier alpha value is -0.790. The van der Waals surface area contributed by atoms with Gasteiger partial charge in [-0.15, -0.1) is 0 Å². The lowest BCUT2D eigenvalue weighted by molar-refractivity contribution is -0.189. The maximum atomic E-state index is 12.8. The Balaban J connectivity index is 1.62. The molecule has 0 heterocycles. The van der Waals surface area contributed by atoms with E-state index in [0.29, 0.717) is 28.1 Å². The fourth-order valence-electron chi connectivity index (χ4n) is 11.0. The summed E-state index contributed by atoms with van der Waals surface area (Å²) in [6.07, 6.45) is 14.5. The second kappa shape index (κ2) is 6.88. The van der Waals surface area contributed by atoms with Gasteiger partial charge in [0.15, 0.2) is 0 Å². The van der Waals surface area contributed by atoms with Gasteiger partial charge in [-0.2, -0.15) is 0 Å². The molecular formula is C30H48O2. The van der Waals surface area contributed by atoms with E-state index >= 15 is 0 Å². The highest BCUT2D eigenvalue weighted by atomic mass is 16.4. The number of aliphatic carboxylic acids is 1. The summed E-state index contributed by atoms with van der Waals surface area (Å²) >= 11 is 0. The van der Waals surface area contributed by atoms with Crippen molar-refractivity contribution in [3.05, 3.63) is 11.6 Å². The van der Waals surface area contributed by atoms with Crippen molar-refractivity contribution in [2.75, 3.05) is 0 Å². The second-order valence-corrected chi connectivity index (χ2v) is 14.5. The van der Waals surface area contributed by atoms with Crippen LogP contribution in [-0.4, -0.2) is 11.1 Å². The highest BCUT2D eigenvalue weighted by Gasteiger charge is 2.68. The summed E-state index contributed by atoms with van der Waals surface area (Å²) in [5, 5.41) is 10.5. The van der Waals surface area contributed by atoms with Crippen molar-refractivity contribution in [2.24, 2.45) is 56.7 Å². The minimum atomic E-state index is -0.519. The molecule has 0 spiro atoms. The van der Waals surface area contributed by atoms with E-state index in [1.165, 1.54) is 38.5 Å². The largest absolute Gasteiger partial charge is 0.481 e. The molecule has 4 fully saturated rings. The monoisotopic (exact) mass is 440 g/mol. The molecule has 0 aromatic carbocycles. The predicted octanol–water partition coefficient (Wildman–Crippen LogP) is 8.12. The van der Waals surface area contributed by atoms with Crippen molar-refractivity contribution in [1.29, 1.82) is 0 Å². The van der Waals surface area contributed by atoms with Crippen LogP contribution in [0.15, 0.2) is 11.6 Å². The average molecular weight is 441 g/mol. The first kappa shape index (κ1) is 23.0. The lowest BCUT2D eigenvalue weighted by Gasteiger charge is -2.71. The zero-order chi connectivity index (χ0) is 23.3. The Morgan fingerprint density at radius 2 is 1.62 bits per heavy atom. The number of fused-ring (bicyclic) bond motifs is 7. The third-order valence-electron chi connectivity index (χ3n) is 13.2. The van der Waals surface area contributed by atoms with Crippen LogP contribution in [-0.2, 0) is 4.79 Å². The summed E-state index contributed by atoms with van der Waals surface area (Å²) in [4.78, 5) is 12.8. The molecule has 2 nitrogen and oxygen atoms in total. The molecule has 4 saturated carbocycles. The summed E-state index contributed by atoms with van der Waals surface area (Å²) in [6, 6.07) is 0. The summed E-state index contributed by atoms with van der Waals surface area (Å²) in [5.74, 6) is 2.36. The van der Waals surface area contributed by atoms with Gasteiger partial charge < -0.3 is 5.11 Å². The van der Waals surface area contributed by atoms with E-state index in [-0.39, 0.29) is 11.3 Å². The maximum Gasteiger partial charge on any atom is 0.310 e.